The predicted octanol–water partition coefficient (Wildman–Crippen LogP) is 4.91. The van der Waals surface area contributed by atoms with Crippen molar-refractivity contribution in [2.24, 2.45) is 0 Å². The second-order valence-electron chi connectivity index (χ2n) is 4.97. The van der Waals surface area contributed by atoms with Gasteiger partial charge >= 0.3 is 0 Å². The van der Waals surface area contributed by atoms with Gasteiger partial charge in [0, 0.05) is 23.1 Å². The van der Waals surface area contributed by atoms with Crippen molar-refractivity contribution >= 4 is 17.0 Å². The standard InChI is InChI=1S/C17H20N2OS/c1-13-8-11-21-17(13)14(2)19-15-6-5-7-16(12-15)20-10-4-3-9-18/h5-8,11-12,14,19H,3-4,10H2,1-2H3. The Morgan fingerprint density at radius 2 is 2.24 bits per heavy atom. The predicted molar refractivity (Wildman–Crippen MR) is 87.9 cm³/mol. The lowest BCUT2D eigenvalue weighted by atomic mass is 10.2. The van der Waals surface area contributed by atoms with E-state index < -0.39 is 0 Å². The van der Waals surface area contributed by atoms with E-state index in [4.69, 9.17) is 10.00 Å². The minimum atomic E-state index is 0.277. The van der Waals surface area contributed by atoms with E-state index in [-0.39, 0.29) is 6.04 Å². The maximum atomic E-state index is 8.50. The molecule has 2 rings (SSSR count). The highest BCUT2D eigenvalue weighted by atomic mass is 32.1. The van der Waals surface area contributed by atoms with Gasteiger partial charge in [-0.15, -0.1) is 11.3 Å². The molecule has 0 fully saturated rings. The molecule has 0 saturated heterocycles. The first-order valence-corrected chi connectivity index (χ1v) is 7.99. The van der Waals surface area contributed by atoms with Crippen LogP contribution in [-0.4, -0.2) is 6.61 Å². The first-order valence-electron chi connectivity index (χ1n) is 7.11. The summed E-state index contributed by atoms with van der Waals surface area (Å²) >= 11 is 1.78. The lowest BCUT2D eigenvalue weighted by Crippen LogP contribution is -2.06. The molecule has 0 aliphatic rings. The van der Waals surface area contributed by atoms with Gasteiger partial charge in [0.25, 0.3) is 0 Å². The Balaban J connectivity index is 1.95. The average Bonchev–Trinajstić information content (AvgIpc) is 2.90. The lowest BCUT2D eigenvalue weighted by molar-refractivity contribution is 0.313. The number of unbranched alkanes of at least 4 members (excludes halogenated alkanes) is 1. The van der Waals surface area contributed by atoms with Gasteiger partial charge in [0.1, 0.15) is 5.75 Å². The normalized spacial score (nSPS) is 11.7. The van der Waals surface area contributed by atoms with E-state index >= 15 is 0 Å². The van der Waals surface area contributed by atoms with Gasteiger partial charge in [-0.1, -0.05) is 6.07 Å². The van der Waals surface area contributed by atoms with Crippen molar-refractivity contribution in [1.29, 1.82) is 5.26 Å². The average molecular weight is 300 g/mol. The van der Waals surface area contributed by atoms with Gasteiger partial charge in [-0.2, -0.15) is 5.26 Å². The summed E-state index contributed by atoms with van der Waals surface area (Å²) in [5.74, 6) is 0.841. The van der Waals surface area contributed by atoms with E-state index in [1.807, 2.05) is 24.3 Å². The van der Waals surface area contributed by atoms with Gasteiger partial charge in [0.15, 0.2) is 0 Å². The van der Waals surface area contributed by atoms with Crippen LogP contribution in [0.15, 0.2) is 35.7 Å². The van der Waals surface area contributed by atoms with E-state index in [1.165, 1.54) is 10.4 Å². The number of hydrogen-bond donors (Lipinski definition) is 1. The van der Waals surface area contributed by atoms with E-state index in [2.05, 4.69) is 36.7 Å². The van der Waals surface area contributed by atoms with Gasteiger partial charge in [0.2, 0.25) is 0 Å². The van der Waals surface area contributed by atoms with Crippen LogP contribution in [0.5, 0.6) is 5.75 Å². The fraction of sp³-hybridized carbons (Fsp3) is 0.353. The van der Waals surface area contributed by atoms with Crippen molar-refractivity contribution in [3.63, 3.8) is 0 Å². The summed E-state index contributed by atoms with van der Waals surface area (Å²) in [6, 6.07) is 12.5. The summed E-state index contributed by atoms with van der Waals surface area (Å²) < 4.78 is 5.66. The van der Waals surface area contributed by atoms with Crippen LogP contribution in [-0.2, 0) is 0 Å². The fourth-order valence-corrected chi connectivity index (χ4v) is 3.10. The van der Waals surface area contributed by atoms with Gasteiger partial charge < -0.3 is 10.1 Å². The SMILES string of the molecule is Cc1ccsc1C(C)Nc1cccc(OCCCC#N)c1. The molecule has 0 amide bonds. The highest BCUT2D eigenvalue weighted by Crippen LogP contribution is 2.28. The quantitative estimate of drug-likeness (QED) is 0.739. The van der Waals surface area contributed by atoms with Gasteiger partial charge in [-0.3, -0.25) is 0 Å². The third kappa shape index (κ3) is 4.51. The Morgan fingerprint density at radius 3 is 2.95 bits per heavy atom. The number of aryl methyl sites for hydroxylation is 1. The molecule has 1 aromatic carbocycles. The largest absolute Gasteiger partial charge is 0.493 e. The molecule has 110 valence electrons. The lowest BCUT2D eigenvalue weighted by Gasteiger charge is -2.16. The first kappa shape index (κ1) is 15.4. The number of anilines is 1. The van der Waals surface area contributed by atoms with Crippen molar-refractivity contribution < 1.29 is 4.74 Å². The Morgan fingerprint density at radius 1 is 1.38 bits per heavy atom. The monoisotopic (exact) mass is 300 g/mol. The van der Waals surface area contributed by atoms with Crippen LogP contribution in [0.1, 0.15) is 36.2 Å². The molecule has 0 saturated carbocycles. The molecule has 1 aromatic heterocycles. The summed E-state index contributed by atoms with van der Waals surface area (Å²) in [5, 5.41) is 14.1. The molecule has 1 unspecified atom stereocenters. The zero-order chi connectivity index (χ0) is 15.1. The molecule has 21 heavy (non-hydrogen) atoms. The minimum absolute atomic E-state index is 0.277. The third-order valence-electron chi connectivity index (χ3n) is 3.21. The fourth-order valence-electron chi connectivity index (χ4n) is 2.16. The minimum Gasteiger partial charge on any atom is -0.493 e. The second-order valence-corrected chi connectivity index (χ2v) is 5.92. The number of rotatable bonds is 7. The molecule has 0 aliphatic carbocycles. The number of nitriles is 1. The van der Waals surface area contributed by atoms with Crippen molar-refractivity contribution in [3.8, 4) is 11.8 Å². The first-order chi connectivity index (χ1) is 10.2. The van der Waals surface area contributed by atoms with E-state index in [0.717, 1.165) is 17.9 Å². The number of nitrogens with one attached hydrogen (secondary N) is 1. The Bertz CT molecular complexity index is 615. The molecule has 0 bridgehead atoms. The van der Waals surface area contributed by atoms with Crippen molar-refractivity contribution in [2.75, 3.05) is 11.9 Å². The van der Waals surface area contributed by atoms with Crippen LogP contribution in [0.3, 0.4) is 0 Å². The van der Waals surface area contributed by atoms with Crippen molar-refractivity contribution in [3.05, 3.63) is 46.2 Å². The van der Waals surface area contributed by atoms with Crippen LogP contribution < -0.4 is 10.1 Å². The molecular formula is C17H20N2OS. The van der Waals surface area contributed by atoms with Crippen LogP contribution >= 0.6 is 11.3 Å². The van der Waals surface area contributed by atoms with Crippen molar-refractivity contribution in [2.45, 2.75) is 32.7 Å². The molecular weight excluding hydrogens is 280 g/mol. The summed E-state index contributed by atoms with van der Waals surface area (Å²) in [5.41, 5.74) is 2.37. The molecule has 1 N–H and O–H groups in total. The maximum Gasteiger partial charge on any atom is 0.121 e. The Kier molecular flexibility index (Phi) is 5.65. The molecule has 2 aromatic rings. The summed E-state index contributed by atoms with van der Waals surface area (Å²) in [7, 11) is 0. The smallest absolute Gasteiger partial charge is 0.121 e. The van der Waals surface area contributed by atoms with Gasteiger partial charge in [0.05, 0.1) is 18.7 Å². The Labute approximate surface area is 130 Å². The van der Waals surface area contributed by atoms with Crippen LogP contribution in [0.4, 0.5) is 5.69 Å². The zero-order valence-corrected chi connectivity index (χ0v) is 13.2. The maximum absolute atomic E-state index is 8.50. The highest BCUT2D eigenvalue weighted by molar-refractivity contribution is 7.10. The molecule has 1 atom stereocenters. The number of benzene rings is 1. The topological polar surface area (TPSA) is 45.0 Å². The number of ether oxygens (including phenoxy) is 1. The number of nitrogens with zero attached hydrogens (tertiary/aromatic N) is 1. The van der Waals surface area contributed by atoms with E-state index in [9.17, 15) is 0 Å². The zero-order valence-electron chi connectivity index (χ0n) is 12.4. The molecule has 0 spiro atoms. The molecule has 1 heterocycles. The third-order valence-corrected chi connectivity index (χ3v) is 4.42. The van der Waals surface area contributed by atoms with Crippen LogP contribution in [0.2, 0.25) is 0 Å². The summed E-state index contributed by atoms with van der Waals surface area (Å²) in [4.78, 5) is 1.36. The summed E-state index contributed by atoms with van der Waals surface area (Å²) in [6.07, 6.45) is 1.30. The highest BCUT2D eigenvalue weighted by Gasteiger charge is 2.09. The van der Waals surface area contributed by atoms with Crippen molar-refractivity contribution in [1.82, 2.24) is 0 Å². The molecule has 0 aliphatic heterocycles. The molecule has 4 heteroatoms. The van der Waals surface area contributed by atoms with Crippen LogP contribution in [0, 0.1) is 18.3 Å². The van der Waals surface area contributed by atoms with Crippen LogP contribution in [0.25, 0.3) is 0 Å². The second kappa shape index (κ2) is 7.70. The number of thiophene rings is 1. The molecule has 3 nitrogen and oxygen atoms in total. The molecule has 0 radical (unpaired) electrons. The van der Waals surface area contributed by atoms with Gasteiger partial charge in [-0.25, -0.2) is 0 Å². The Hall–Kier alpha value is -1.99. The summed E-state index contributed by atoms with van der Waals surface area (Å²) in [6.45, 7) is 4.88. The van der Waals surface area contributed by atoms with E-state index in [0.29, 0.717) is 13.0 Å². The van der Waals surface area contributed by atoms with Gasteiger partial charge in [-0.05, 0) is 49.4 Å². The van der Waals surface area contributed by atoms with E-state index in [1.54, 1.807) is 11.3 Å². The number of hydrogen-bond acceptors (Lipinski definition) is 4.